The number of nitrogens with one attached hydrogen (secondary N) is 1. The first-order valence-electron chi connectivity index (χ1n) is 9.31. The van der Waals surface area contributed by atoms with Crippen LogP contribution in [0.3, 0.4) is 0 Å². The maximum absolute atomic E-state index is 13.7. The highest BCUT2D eigenvalue weighted by Gasteiger charge is 2.30. The van der Waals surface area contributed by atoms with Gasteiger partial charge in [-0.1, -0.05) is 12.1 Å². The number of benzene rings is 2. The van der Waals surface area contributed by atoms with Crippen LogP contribution in [0.25, 0.3) is 0 Å². The van der Waals surface area contributed by atoms with Gasteiger partial charge in [-0.2, -0.15) is 0 Å². The molecule has 2 heterocycles. The number of amides is 4. The van der Waals surface area contributed by atoms with Crippen LogP contribution in [0.1, 0.15) is 41.2 Å². The minimum atomic E-state index is -0.466. The average Bonchev–Trinajstić information content (AvgIpc) is 3.05. The molecular weight excluding hydrogens is 361 g/mol. The Labute approximate surface area is 161 Å². The van der Waals surface area contributed by atoms with E-state index in [0.717, 1.165) is 24.8 Å². The molecule has 2 aliphatic heterocycles. The van der Waals surface area contributed by atoms with Crippen LogP contribution in [0.5, 0.6) is 0 Å². The molecule has 4 amide bonds. The zero-order chi connectivity index (χ0) is 19.7. The maximum Gasteiger partial charge on any atom is 0.329 e. The van der Waals surface area contributed by atoms with Crippen molar-refractivity contribution in [1.82, 2.24) is 10.2 Å². The standard InChI is InChI=1S/C21H20FN3O3/c22-16-5-3-4-15(12-16)18-6-1-2-11-24(18)20(27)14-7-9-17(10-8-14)25-13-19(26)23-21(25)28/h3-5,7-10,12,18H,1-2,6,11,13H2,(H,23,26,28). The number of hydrogen-bond donors (Lipinski definition) is 1. The van der Waals surface area contributed by atoms with Crippen molar-refractivity contribution in [2.45, 2.75) is 25.3 Å². The largest absolute Gasteiger partial charge is 0.332 e. The van der Waals surface area contributed by atoms with E-state index >= 15 is 0 Å². The number of urea groups is 1. The third kappa shape index (κ3) is 3.47. The van der Waals surface area contributed by atoms with Crippen molar-refractivity contribution in [2.75, 3.05) is 18.0 Å². The minimum absolute atomic E-state index is 0.0279. The Balaban J connectivity index is 1.55. The average molecular weight is 381 g/mol. The molecule has 2 aromatic carbocycles. The summed E-state index contributed by atoms with van der Waals surface area (Å²) in [4.78, 5) is 39.3. The minimum Gasteiger partial charge on any atom is -0.332 e. The van der Waals surface area contributed by atoms with Crippen molar-refractivity contribution in [3.05, 3.63) is 65.5 Å². The topological polar surface area (TPSA) is 69.7 Å². The number of carbonyl (C=O) groups is 3. The summed E-state index contributed by atoms with van der Waals surface area (Å²) in [6, 6.07) is 12.4. The number of rotatable bonds is 3. The van der Waals surface area contributed by atoms with E-state index in [1.54, 1.807) is 35.2 Å². The molecule has 28 heavy (non-hydrogen) atoms. The highest BCUT2D eigenvalue weighted by Crippen LogP contribution is 2.32. The van der Waals surface area contributed by atoms with Crippen molar-refractivity contribution in [2.24, 2.45) is 0 Å². The zero-order valence-electron chi connectivity index (χ0n) is 15.2. The first-order chi connectivity index (χ1) is 13.5. The lowest BCUT2D eigenvalue weighted by Gasteiger charge is -2.36. The highest BCUT2D eigenvalue weighted by molar-refractivity contribution is 6.12. The first kappa shape index (κ1) is 18.2. The third-order valence-corrected chi connectivity index (χ3v) is 5.22. The van der Waals surface area contributed by atoms with Gasteiger partial charge in [0.15, 0.2) is 0 Å². The van der Waals surface area contributed by atoms with Crippen molar-refractivity contribution in [3.8, 4) is 0 Å². The molecule has 1 atom stereocenters. The van der Waals surface area contributed by atoms with Gasteiger partial charge in [-0.15, -0.1) is 0 Å². The van der Waals surface area contributed by atoms with Crippen molar-refractivity contribution >= 4 is 23.5 Å². The maximum atomic E-state index is 13.7. The fraction of sp³-hybridized carbons (Fsp3) is 0.286. The summed E-state index contributed by atoms with van der Waals surface area (Å²) in [5.41, 5.74) is 1.86. The fourth-order valence-electron chi connectivity index (χ4n) is 3.84. The molecule has 7 heteroatoms. The van der Waals surface area contributed by atoms with Crippen molar-refractivity contribution < 1.29 is 18.8 Å². The van der Waals surface area contributed by atoms with Crippen molar-refractivity contribution in [3.63, 3.8) is 0 Å². The second kappa shape index (κ2) is 7.42. The molecule has 2 aromatic rings. The molecular formula is C21H20FN3O3. The molecule has 1 unspecified atom stereocenters. The van der Waals surface area contributed by atoms with Crippen LogP contribution in [0, 0.1) is 5.82 Å². The molecule has 2 aliphatic rings. The predicted octanol–water partition coefficient (Wildman–Crippen LogP) is 3.25. The number of likely N-dealkylation sites (tertiary alicyclic amines) is 1. The molecule has 0 spiro atoms. The molecule has 144 valence electrons. The van der Waals surface area contributed by atoms with Crippen LogP contribution in [0.4, 0.5) is 14.9 Å². The summed E-state index contributed by atoms with van der Waals surface area (Å²) in [5.74, 6) is -0.780. The van der Waals surface area contributed by atoms with E-state index in [0.29, 0.717) is 17.8 Å². The van der Waals surface area contributed by atoms with Gasteiger partial charge in [-0.05, 0) is 61.2 Å². The number of carbonyl (C=O) groups excluding carboxylic acids is 3. The van der Waals surface area contributed by atoms with E-state index in [4.69, 9.17) is 0 Å². The highest BCUT2D eigenvalue weighted by atomic mass is 19.1. The smallest absolute Gasteiger partial charge is 0.329 e. The molecule has 0 aromatic heterocycles. The lowest BCUT2D eigenvalue weighted by Crippen LogP contribution is -2.38. The van der Waals surface area contributed by atoms with E-state index in [2.05, 4.69) is 5.32 Å². The first-order valence-corrected chi connectivity index (χ1v) is 9.31. The summed E-state index contributed by atoms with van der Waals surface area (Å²) in [5, 5.41) is 2.23. The summed E-state index contributed by atoms with van der Waals surface area (Å²) in [6.07, 6.45) is 2.69. The molecule has 1 N–H and O–H groups in total. The predicted molar refractivity (Wildman–Crippen MR) is 101 cm³/mol. The molecule has 0 saturated carbocycles. The number of halogens is 1. The van der Waals surface area contributed by atoms with Gasteiger partial charge >= 0.3 is 6.03 Å². The lowest BCUT2D eigenvalue weighted by molar-refractivity contribution is -0.117. The van der Waals surface area contributed by atoms with Gasteiger partial charge in [0.05, 0.1) is 6.04 Å². The van der Waals surface area contributed by atoms with Crippen LogP contribution < -0.4 is 10.2 Å². The second-order valence-electron chi connectivity index (χ2n) is 7.05. The van der Waals surface area contributed by atoms with Gasteiger partial charge in [0.1, 0.15) is 12.4 Å². The molecule has 6 nitrogen and oxygen atoms in total. The Morgan fingerprint density at radius 2 is 1.86 bits per heavy atom. The lowest BCUT2D eigenvalue weighted by atomic mass is 9.94. The van der Waals surface area contributed by atoms with E-state index in [1.807, 2.05) is 6.07 Å². The fourth-order valence-corrected chi connectivity index (χ4v) is 3.84. The van der Waals surface area contributed by atoms with Crippen LogP contribution in [-0.2, 0) is 4.79 Å². The summed E-state index contributed by atoms with van der Waals surface area (Å²) >= 11 is 0. The van der Waals surface area contributed by atoms with Gasteiger partial charge in [-0.25, -0.2) is 9.18 Å². The summed E-state index contributed by atoms with van der Waals surface area (Å²) in [7, 11) is 0. The van der Waals surface area contributed by atoms with Gasteiger partial charge < -0.3 is 4.90 Å². The number of piperidine rings is 1. The van der Waals surface area contributed by atoms with Crippen LogP contribution in [-0.4, -0.2) is 35.8 Å². The molecule has 0 radical (unpaired) electrons. The summed E-state index contributed by atoms with van der Waals surface area (Å²) < 4.78 is 13.7. The van der Waals surface area contributed by atoms with Gasteiger partial charge in [0.2, 0.25) is 5.91 Å². The Morgan fingerprint density at radius 1 is 1.07 bits per heavy atom. The van der Waals surface area contributed by atoms with E-state index in [9.17, 15) is 18.8 Å². The van der Waals surface area contributed by atoms with E-state index < -0.39 is 6.03 Å². The van der Waals surface area contributed by atoms with Gasteiger partial charge in [0.25, 0.3) is 5.91 Å². The molecule has 2 saturated heterocycles. The Hall–Kier alpha value is -3.22. The van der Waals surface area contributed by atoms with E-state index in [-0.39, 0.29) is 30.2 Å². The van der Waals surface area contributed by atoms with E-state index in [1.165, 1.54) is 17.0 Å². The van der Waals surface area contributed by atoms with Crippen LogP contribution in [0.2, 0.25) is 0 Å². The normalized spacial score (nSPS) is 19.7. The number of nitrogens with zero attached hydrogens (tertiary/aromatic N) is 2. The van der Waals surface area contributed by atoms with Crippen LogP contribution >= 0.6 is 0 Å². The second-order valence-corrected chi connectivity index (χ2v) is 7.05. The number of imide groups is 1. The Bertz CT molecular complexity index is 929. The molecule has 0 bridgehead atoms. The van der Waals surface area contributed by atoms with Crippen LogP contribution in [0.15, 0.2) is 48.5 Å². The van der Waals surface area contributed by atoms with Gasteiger partial charge in [0, 0.05) is 17.8 Å². The molecule has 0 aliphatic carbocycles. The quantitative estimate of drug-likeness (QED) is 0.830. The monoisotopic (exact) mass is 381 g/mol. The van der Waals surface area contributed by atoms with Gasteiger partial charge in [-0.3, -0.25) is 19.8 Å². The Kier molecular flexibility index (Phi) is 4.81. The van der Waals surface area contributed by atoms with Crippen molar-refractivity contribution in [1.29, 1.82) is 0 Å². The third-order valence-electron chi connectivity index (χ3n) is 5.22. The summed E-state index contributed by atoms with van der Waals surface area (Å²) in [6.45, 7) is 0.588. The molecule has 4 rings (SSSR count). The SMILES string of the molecule is O=C1CN(c2ccc(C(=O)N3CCCCC3c3cccc(F)c3)cc2)C(=O)N1. The zero-order valence-corrected chi connectivity index (χ0v) is 15.2. The number of hydrogen-bond acceptors (Lipinski definition) is 3. The Morgan fingerprint density at radius 3 is 2.54 bits per heavy atom. The number of anilines is 1. The molecule has 2 fully saturated rings.